The van der Waals surface area contributed by atoms with Crippen LogP contribution in [0.3, 0.4) is 0 Å². The Kier molecular flexibility index (Phi) is 9.75. The first-order chi connectivity index (χ1) is 5.81. The molecule has 0 aliphatic heterocycles. The monoisotopic (exact) mass is 206 g/mol. The second-order valence-corrected chi connectivity index (χ2v) is 4.62. The summed E-state index contributed by atoms with van der Waals surface area (Å²) >= 11 is 4.09. The number of hydrogen-bond donors (Lipinski definition) is 1. The first-order valence-corrected chi connectivity index (χ1v) is 6.55. The van der Waals surface area contributed by atoms with E-state index in [1.807, 2.05) is 0 Å². The van der Waals surface area contributed by atoms with Crippen molar-refractivity contribution in [1.82, 2.24) is 0 Å². The molecule has 0 N–H and O–H groups in total. The standard InChI is InChI=1S/C9H18OS2/c1-9(6-8-12-11)5-3-2-4-7-10/h7,9,11H,2-6,8H2,1H3. The predicted molar refractivity (Wildman–Crippen MR) is 59.8 cm³/mol. The lowest BCUT2D eigenvalue weighted by molar-refractivity contribution is -0.107. The van der Waals surface area contributed by atoms with Crippen LogP contribution in [0.5, 0.6) is 0 Å². The Hall–Kier alpha value is 0.370. The maximum absolute atomic E-state index is 10.0. The summed E-state index contributed by atoms with van der Waals surface area (Å²) in [6.07, 6.45) is 6.48. The van der Waals surface area contributed by atoms with E-state index in [0.29, 0.717) is 0 Å². The average Bonchev–Trinajstić information content (AvgIpc) is 2.09. The van der Waals surface area contributed by atoms with Crippen LogP contribution in [0.1, 0.15) is 39.0 Å². The topological polar surface area (TPSA) is 17.1 Å². The molecule has 0 aromatic carbocycles. The van der Waals surface area contributed by atoms with Gasteiger partial charge in [-0.2, -0.15) is 0 Å². The summed E-state index contributed by atoms with van der Waals surface area (Å²) in [5.74, 6) is 1.93. The van der Waals surface area contributed by atoms with Crippen molar-refractivity contribution < 1.29 is 4.79 Å². The van der Waals surface area contributed by atoms with Gasteiger partial charge in [-0.05, 0) is 18.8 Å². The van der Waals surface area contributed by atoms with Crippen LogP contribution >= 0.6 is 22.5 Å². The fourth-order valence-electron chi connectivity index (χ4n) is 1.12. The molecule has 0 saturated carbocycles. The molecule has 1 unspecified atom stereocenters. The van der Waals surface area contributed by atoms with Crippen LogP contribution in [0, 0.1) is 5.92 Å². The normalized spacial score (nSPS) is 12.8. The highest BCUT2D eigenvalue weighted by atomic mass is 33.1. The van der Waals surface area contributed by atoms with Gasteiger partial charge >= 0.3 is 0 Å². The molecular weight excluding hydrogens is 188 g/mol. The molecule has 0 aromatic rings. The van der Waals surface area contributed by atoms with Crippen LogP contribution in [0.15, 0.2) is 0 Å². The average molecular weight is 206 g/mol. The third kappa shape index (κ3) is 8.47. The molecule has 0 bridgehead atoms. The molecule has 0 radical (unpaired) electrons. The van der Waals surface area contributed by atoms with Gasteiger partial charge in [-0.15, -0.1) is 11.7 Å². The minimum atomic E-state index is 0.730. The minimum Gasteiger partial charge on any atom is -0.303 e. The lowest BCUT2D eigenvalue weighted by atomic mass is 10.0. The summed E-state index contributed by atoms with van der Waals surface area (Å²) in [5.41, 5.74) is 0. The maximum atomic E-state index is 10.0. The molecule has 0 aliphatic carbocycles. The van der Waals surface area contributed by atoms with Gasteiger partial charge in [0, 0.05) is 12.2 Å². The highest BCUT2D eigenvalue weighted by Crippen LogP contribution is 2.17. The molecule has 0 aliphatic rings. The van der Waals surface area contributed by atoms with E-state index in [1.165, 1.54) is 19.3 Å². The Morgan fingerprint density at radius 2 is 2.17 bits per heavy atom. The second-order valence-electron chi connectivity index (χ2n) is 3.18. The smallest absolute Gasteiger partial charge is 0.119 e. The van der Waals surface area contributed by atoms with Gasteiger partial charge in [0.1, 0.15) is 6.29 Å². The molecule has 12 heavy (non-hydrogen) atoms. The summed E-state index contributed by atoms with van der Waals surface area (Å²) in [6.45, 7) is 2.27. The number of rotatable bonds is 8. The van der Waals surface area contributed by atoms with Crippen molar-refractivity contribution in [1.29, 1.82) is 0 Å². The second kappa shape index (κ2) is 9.46. The van der Waals surface area contributed by atoms with Crippen molar-refractivity contribution in [2.75, 3.05) is 5.75 Å². The summed E-state index contributed by atoms with van der Waals surface area (Å²) in [4.78, 5) is 10.0. The number of carbonyl (C=O) groups is 1. The van der Waals surface area contributed by atoms with Gasteiger partial charge in [0.2, 0.25) is 0 Å². The van der Waals surface area contributed by atoms with Crippen molar-refractivity contribution >= 4 is 28.7 Å². The number of unbranched alkanes of at least 4 members (excludes halogenated alkanes) is 2. The van der Waals surface area contributed by atoms with Crippen molar-refractivity contribution in [3.05, 3.63) is 0 Å². The zero-order valence-electron chi connectivity index (χ0n) is 7.66. The highest BCUT2D eigenvalue weighted by Gasteiger charge is 2.00. The Bertz CT molecular complexity index is 107. The van der Waals surface area contributed by atoms with Gasteiger partial charge in [0.25, 0.3) is 0 Å². The Labute approximate surface area is 84.5 Å². The molecule has 0 spiro atoms. The van der Waals surface area contributed by atoms with E-state index in [1.54, 1.807) is 10.8 Å². The van der Waals surface area contributed by atoms with E-state index in [-0.39, 0.29) is 0 Å². The molecule has 1 atom stereocenters. The van der Waals surface area contributed by atoms with Crippen LogP contribution in [-0.4, -0.2) is 12.0 Å². The minimum absolute atomic E-state index is 0.730. The lowest BCUT2D eigenvalue weighted by Crippen LogP contribution is -1.95. The van der Waals surface area contributed by atoms with E-state index in [0.717, 1.165) is 30.8 Å². The molecule has 3 heteroatoms. The van der Waals surface area contributed by atoms with Crippen molar-refractivity contribution in [2.45, 2.75) is 39.0 Å². The van der Waals surface area contributed by atoms with Crippen LogP contribution < -0.4 is 0 Å². The molecule has 0 saturated heterocycles. The fourth-order valence-corrected chi connectivity index (χ4v) is 1.94. The van der Waals surface area contributed by atoms with Gasteiger partial charge in [-0.25, -0.2) is 0 Å². The lowest BCUT2D eigenvalue weighted by Gasteiger charge is -2.08. The predicted octanol–water partition coefficient (Wildman–Crippen LogP) is 3.35. The fraction of sp³-hybridized carbons (Fsp3) is 0.889. The molecule has 1 nitrogen and oxygen atoms in total. The molecule has 0 rings (SSSR count). The van der Waals surface area contributed by atoms with Crippen LogP contribution in [0.2, 0.25) is 0 Å². The van der Waals surface area contributed by atoms with E-state index in [4.69, 9.17) is 0 Å². The Morgan fingerprint density at radius 3 is 2.75 bits per heavy atom. The van der Waals surface area contributed by atoms with E-state index < -0.39 is 0 Å². The van der Waals surface area contributed by atoms with Crippen molar-refractivity contribution in [2.24, 2.45) is 5.92 Å². The van der Waals surface area contributed by atoms with Gasteiger partial charge in [0.15, 0.2) is 0 Å². The van der Waals surface area contributed by atoms with E-state index in [9.17, 15) is 4.79 Å². The van der Waals surface area contributed by atoms with E-state index >= 15 is 0 Å². The van der Waals surface area contributed by atoms with Gasteiger partial charge in [0.05, 0.1) is 0 Å². The molecule has 0 amide bonds. The SMILES string of the molecule is CC(CCCCC=O)CCSS. The molecule has 0 aromatic heterocycles. The largest absolute Gasteiger partial charge is 0.303 e. The highest BCUT2D eigenvalue weighted by molar-refractivity contribution is 8.68. The maximum Gasteiger partial charge on any atom is 0.119 e. The third-order valence-corrected chi connectivity index (χ3v) is 2.94. The quantitative estimate of drug-likeness (QED) is 0.284. The van der Waals surface area contributed by atoms with Crippen LogP contribution in [0.4, 0.5) is 0 Å². The molecule has 0 heterocycles. The summed E-state index contributed by atoms with van der Waals surface area (Å²) in [6, 6.07) is 0. The summed E-state index contributed by atoms with van der Waals surface area (Å²) in [5, 5.41) is 0. The zero-order chi connectivity index (χ0) is 9.23. The third-order valence-electron chi connectivity index (χ3n) is 1.97. The molecule has 72 valence electrons. The number of carbonyl (C=O) groups excluding carboxylic acids is 1. The number of hydrogen-bond acceptors (Lipinski definition) is 3. The van der Waals surface area contributed by atoms with Crippen LogP contribution in [0.25, 0.3) is 0 Å². The van der Waals surface area contributed by atoms with Gasteiger partial charge in [-0.1, -0.05) is 30.6 Å². The summed E-state index contributed by atoms with van der Waals surface area (Å²) < 4.78 is 0. The van der Waals surface area contributed by atoms with Crippen molar-refractivity contribution in [3.8, 4) is 0 Å². The first kappa shape index (κ1) is 12.4. The van der Waals surface area contributed by atoms with Gasteiger partial charge < -0.3 is 4.79 Å². The Balaban J connectivity index is 3.07. The summed E-state index contributed by atoms with van der Waals surface area (Å²) in [7, 11) is 1.61. The number of thiol groups is 1. The zero-order valence-corrected chi connectivity index (χ0v) is 9.37. The molecular formula is C9H18OS2. The van der Waals surface area contributed by atoms with E-state index in [2.05, 4.69) is 18.6 Å². The Morgan fingerprint density at radius 1 is 1.42 bits per heavy atom. The number of aldehydes is 1. The first-order valence-electron chi connectivity index (χ1n) is 4.51. The molecule has 0 fully saturated rings. The van der Waals surface area contributed by atoms with Gasteiger partial charge in [-0.3, -0.25) is 0 Å². The van der Waals surface area contributed by atoms with Crippen LogP contribution in [-0.2, 0) is 4.79 Å². The van der Waals surface area contributed by atoms with Crippen molar-refractivity contribution in [3.63, 3.8) is 0 Å².